The van der Waals surface area contributed by atoms with Gasteiger partial charge in [-0.15, -0.1) is 0 Å². The number of nitrogens with two attached hydrogens (primary N) is 1. The second-order valence-electron chi connectivity index (χ2n) is 2.79. The van der Waals surface area contributed by atoms with Gasteiger partial charge in [-0.1, -0.05) is 0 Å². The molecule has 0 aliphatic rings. The molecule has 0 saturated heterocycles. The number of nitrogen functional groups attached to an aromatic ring is 1. The van der Waals surface area contributed by atoms with Gasteiger partial charge in [-0.25, -0.2) is 9.78 Å². The van der Waals surface area contributed by atoms with E-state index in [0.29, 0.717) is 5.56 Å². The number of ether oxygens (including phenoxy) is 1. The molecule has 1 aromatic rings. The number of hydrogen-bond acceptors (Lipinski definition) is 6. The first kappa shape index (κ1) is 11.6. The predicted octanol–water partition coefficient (Wildman–Crippen LogP) is 0.758. The zero-order valence-corrected chi connectivity index (χ0v) is 8.41. The molecule has 0 saturated carbocycles. The molecule has 0 aromatic carbocycles. The van der Waals surface area contributed by atoms with Crippen LogP contribution in [0.15, 0.2) is 18.3 Å². The molecule has 1 rings (SSSR count). The molecular weight excluding hydrogens is 214 g/mol. The Bertz CT molecular complexity index is 456. The molecule has 1 heterocycles. The number of pyridine rings is 1. The number of anilines is 1. The summed E-state index contributed by atoms with van der Waals surface area (Å²) in [6.07, 6.45) is 3.81. The summed E-state index contributed by atoms with van der Waals surface area (Å²) < 4.78 is 4.37. The van der Waals surface area contributed by atoms with Gasteiger partial charge in [-0.05, 0) is 6.08 Å². The Balaban J connectivity index is 2.99. The van der Waals surface area contributed by atoms with E-state index in [1.807, 2.05) is 0 Å². The molecular formula is C9H9N3O4. The third-order valence-corrected chi connectivity index (χ3v) is 1.73. The van der Waals surface area contributed by atoms with Crippen molar-refractivity contribution >= 4 is 23.6 Å². The van der Waals surface area contributed by atoms with Crippen LogP contribution in [0.1, 0.15) is 5.56 Å². The van der Waals surface area contributed by atoms with Crippen molar-refractivity contribution in [3.05, 3.63) is 34.0 Å². The Morgan fingerprint density at radius 2 is 2.38 bits per heavy atom. The summed E-state index contributed by atoms with van der Waals surface area (Å²) in [5, 5.41) is 10.5. The molecule has 0 unspecified atom stereocenters. The molecule has 0 atom stereocenters. The molecule has 16 heavy (non-hydrogen) atoms. The minimum absolute atomic E-state index is 0.166. The summed E-state index contributed by atoms with van der Waals surface area (Å²) in [5.74, 6) is -0.723. The first-order valence-electron chi connectivity index (χ1n) is 4.20. The molecule has 1 aromatic heterocycles. The lowest BCUT2D eigenvalue weighted by Crippen LogP contribution is -1.99. The van der Waals surface area contributed by atoms with Gasteiger partial charge in [0.2, 0.25) is 5.82 Å². The minimum atomic E-state index is -0.641. The fourth-order valence-corrected chi connectivity index (χ4v) is 0.949. The maximum absolute atomic E-state index is 10.8. The second-order valence-corrected chi connectivity index (χ2v) is 2.79. The van der Waals surface area contributed by atoms with E-state index in [-0.39, 0.29) is 11.5 Å². The number of methoxy groups -OCH3 is 1. The fourth-order valence-electron chi connectivity index (χ4n) is 0.949. The van der Waals surface area contributed by atoms with Crippen LogP contribution in [0.25, 0.3) is 6.08 Å². The molecule has 0 radical (unpaired) electrons. The van der Waals surface area contributed by atoms with Crippen LogP contribution in [0, 0.1) is 10.1 Å². The van der Waals surface area contributed by atoms with Crippen molar-refractivity contribution in [2.45, 2.75) is 0 Å². The number of nitro groups is 1. The van der Waals surface area contributed by atoms with E-state index in [4.69, 9.17) is 5.73 Å². The second kappa shape index (κ2) is 4.87. The van der Waals surface area contributed by atoms with Crippen LogP contribution in [-0.2, 0) is 9.53 Å². The average molecular weight is 223 g/mol. The Kier molecular flexibility index (Phi) is 3.54. The van der Waals surface area contributed by atoms with E-state index < -0.39 is 10.9 Å². The number of hydrogen-bond donors (Lipinski definition) is 1. The minimum Gasteiger partial charge on any atom is -0.466 e. The molecule has 7 nitrogen and oxygen atoms in total. The topological polar surface area (TPSA) is 108 Å². The van der Waals surface area contributed by atoms with E-state index in [1.54, 1.807) is 0 Å². The lowest BCUT2D eigenvalue weighted by atomic mass is 10.2. The van der Waals surface area contributed by atoms with Gasteiger partial charge in [0.15, 0.2) is 0 Å². The molecule has 7 heteroatoms. The highest BCUT2D eigenvalue weighted by molar-refractivity contribution is 5.87. The summed E-state index contributed by atoms with van der Waals surface area (Å²) in [7, 11) is 1.23. The standard InChI is InChI=1S/C9H9N3O4/c1-16-8(13)3-2-6-4-7(12(14)15)9(10)11-5-6/h2-5H,1H3,(H2,10,11). The van der Waals surface area contributed by atoms with E-state index in [9.17, 15) is 14.9 Å². The van der Waals surface area contributed by atoms with E-state index in [2.05, 4.69) is 9.72 Å². The summed E-state index contributed by atoms with van der Waals surface area (Å²) in [6.45, 7) is 0. The largest absolute Gasteiger partial charge is 0.466 e. The SMILES string of the molecule is COC(=O)C=Cc1cnc(N)c([N+](=O)[O-])c1. The zero-order chi connectivity index (χ0) is 12.1. The van der Waals surface area contributed by atoms with E-state index in [0.717, 1.165) is 6.08 Å². The molecule has 0 bridgehead atoms. The quantitative estimate of drug-likeness (QED) is 0.350. The maximum atomic E-state index is 10.8. The van der Waals surface area contributed by atoms with Gasteiger partial charge in [0.05, 0.1) is 12.0 Å². The van der Waals surface area contributed by atoms with Gasteiger partial charge < -0.3 is 10.5 Å². The number of nitrogens with zero attached hydrogens (tertiary/aromatic N) is 2. The Morgan fingerprint density at radius 3 is 2.94 bits per heavy atom. The number of aromatic nitrogens is 1. The highest BCUT2D eigenvalue weighted by Gasteiger charge is 2.12. The van der Waals surface area contributed by atoms with Crippen LogP contribution < -0.4 is 5.73 Å². The van der Waals surface area contributed by atoms with Crippen molar-refractivity contribution in [3.8, 4) is 0 Å². The lowest BCUT2D eigenvalue weighted by molar-refractivity contribution is -0.384. The van der Waals surface area contributed by atoms with Crippen molar-refractivity contribution < 1.29 is 14.5 Å². The van der Waals surface area contributed by atoms with Crippen molar-refractivity contribution in [3.63, 3.8) is 0 Å². The average Bonchev–Trinajstić information content (AvgIpc) is 2.27. The van der Waals surface area contributed by atoms with Crippen LogP contribution in [0.5, 0.6) is 0 Å². The number of carbonyl (C=O) groups is 1. The monoisotopic (exact) mass is 223 g/mol. The summed E-state index contributed by atoms with van der Waals surface area (Å²) >= 11 is 0. The van der Waals surface area contributed by atoms with Crippen molar-refractivity contribution in [2.75, 3.05) is 12.8 Å². The van der Waals surface area contributed by atoms with E-state index >= 15 is 0 Å². The molecule has 0 aliphatic carbocycles. The molecule has 0 aliphatic heterocycles. The van der Waals surface area contributed by atoms with Gasteiger partial charge in [0.25, 0.3) is 0 Å². The summed E-state index contributed by atoms with van der Waals surface area (Å²) in [5.41, 5.74) is 5.40. The first-order valence-corrected chi connectivity index (χ1v) is 4.20. The number of rotatable bonds is 3. The maximum Gasteiger partial charge on any atom is 0.330 e. The zero-order valence-electron chi connectivity index (χ0n) is 8.41. The normalized spacial score (nSPS) is 10.3. The van der Waals surface area contributed by atoms with Crippen molar-refractivity contribution in [2.24, 2.45) is 0 Å². The first-order chi connectivity index (χ1) is 7.54. The number of carbonyl (C=O) groups excluding carboxylic acids is 1. The van der Waals surface area contributed by atoms with Gasteiger partial charge in [-0.3, -0.25) is 10.1 Å². The van der Waals surface area contributed by atoms with Gasteiger partial charge in [-0.2, -0.15) is 0 Å². The Labute approximate surface area is 90.7 Å². The smallest absolute Gasteiger partial charge is 0.330 e. The molecule has 0 amide bonds. The summed E-state index contributed by atoms with van der Waals surface area (Å²) in [6, 6.07) is 1.22. The van der Waals surface area contributed by atoms with Gasteiger partial charge in [0.1, 0.15) is 0 Å². The number of esters is 1. The third-order valence-electron chi connectivity index (χ3n) is 1.73. The van der Waals surface area contributed by atoms with Crippen LogP contribution in [0.3, 0.4) is 0 Å². The third kappa shape index (κ3) is 2.77. The fraction of sp³-hybridized carbons (Fsp3) is 0.111. The lowest BCUT2D eigenvalue weighted by Gasteiger charge is -1.97. The molecule has 84 valence electrons. The van der Waals surface area contributed by atoms with Crippen molar-refractivity contribution in [1.82, 2.24) is 4.98 Å². The molecule has 0 fully saturated rings. The van der Waals surface area contributed by atoms with Gasteiger partial charge in [0, 0.05) is 23.9 Å². The predicted molar refractivity (Wildman–Crippen MR) is 56.4 cm³/mol. The highest BCUT2D eigenvalue weighted by Crippen LogP contribution is 2.19. The molecule has 2 N–H and O–H groups in total. The van der Waals surface area contributed by atoms with Crippen molar-refractivity contribution in [1.29, 1.82) is 0 Å². The van der Waals surface area contributed by atoms with Crippen LogP contribution in [0.4, 0.5) is 11.5 Å². The molecule has 0 spiro atoms. The van der Waals surface area contributed by atoms with Crippen LogP contribution >= 0.6 is 0 Å². The van der Waals surface area contributed by atoms with E-state index in [1.165, 1.54) is 25.4 Å². The van der Waals surface area contributed by atoms with Crippen LogP contribution in [0.2, 0.25) is 0 Å². The van der Waals surface area contributed by atoms with Crippen LogP contribution in [-0.4, -0.2) is 23.0 Å². The Hall–Kier alpha value is -2.44. The summed E-state index contributed by atoms with van der Waals surface area (Å²) in [4.78, 5) is 24.3. The van der Waals surface area contributed by atoms with Gasteiger partial charge >= 0.3 is 11.7 Å². The Morgan fingerprint density at radius 1 is 1.69 bits per heavy atom. The highest BCUT2D eigenvalue weighted by atomic mass is 16.6.